The van der Waals surface area contributed by atoms with E-state index in [1.807, 2.05) is 24.3 Å². The van der Waals surface area contributed by atoms with Crippen molar-refractivity contribution in [2.24, 2.45) is 5.73 Å². The van der Waals surface area contributed by atoms with E-state index in [2.05, 4.69) is 4.98 Å². The quantitative estimate of drug-likeness (QED) is 0.774. The molecule has 2 aromatic heterocycles. The van der Waals surface area contributed by atoms with Crippen molar-refractivity contribution in [3.63, 3.8) is 0 Å². The molecule has 3 N–H and O–H groups in total. The lowest BCUT2D eigenvalue weighted by Crippen LogP contribution is -1.95. The van der Waals surface area contributed by atoms with Crippen LogP contribution in [-0.2, 0) is 6.54 Å². The summed E-state index contributed by atoms with van der Waals surface area (Å²) in [6, 6.07) is 9.61. The summed E-state index contributed by atoms with van der Waals surface area (Å²) in [5, 5.41) is 10.0. The molecule has 0 unspecified atom stereocenters. The minimum Gasteiger partial charge on any atom is -0.477 e. The number of pyridine rings is 1. The molecule has 0 bridgehead atoms. The normalized spacial score (nSPS) is 10.8. The summed E-state index contributed by atoms with van der Waals surface area (Å²) in [7, 11) is 0. The topological polar surface area (TPSA) is 76.2 Å². The Hall–Kier alpha value is -2.24. The van der Waals surface area contributed by atoms with Gasteiger partial charge in [-0.1, -0.05) is 24.3 Å². The summed E-state index contributed by atoms with van der Waals surface area (Å²) in [5.41, 5.74) is 8.60. The van der Waals surface area contributed by atoms with Gasteiger partial charge in [-0.05, 0) is 17.2 Å². The van der Waals surface area contributed by atoms with Crippen LogP contribution in [0.15, 0.2) is 42.7 Å². The predicted octanol–water partition coefficient (Wildman–Crippen LogP) is 3.12. The van der Waals surface area contributed by atoms with Crippen molar-refractivity contribution in [1.29, 1.82) is 0 Å². The van der Waals surface area contributed by atoms with Crippen molar-refractivity contribution in [3.05, 3.63) is 53.2 Å². The molecule has 0 aliphatic carbocycles. The first kappa shape index (κ1) is 12.8. The van der Waals surface area contributed by atoms with E-state index in [1.165, 1.54) is 11.3 Å². The van der Waals surface area contributed by atoms with Crippen molar-refractivity contribution >= 4 is 27.4 Å². The number of thiophene rings is 1. The Morgan fingerprint density at radius 2 is 2.00 bits per heavy atom. The van der Waals surface area contributed by atoms with E-state index in [9.17, 15) is 4.79 Å². The molecule has 100 valence electrons. The number of carboxylic acids is 1. The monoisotopic (exact) mass is 284 g/mol. The van der Waals surface area contributed by atoms with Crippen molar-refractivity contribution in [3.8, 4) is 11.1 Å². The van der Waals surface area contributed by atoms with Gasteiger partial charge in [-0.25, -0.2) is 4.79 Å². The zero-order valence-electron chi connectivity index (χ0n) is 10.5. The van der Waals surface area contributed by atoms with Gasteiger partial charge >= 0.3 is 5.97 Å². The third-order valence-electron chi connectivity index (χ3n) is 3.16. The SMILES string of the molecule is NCc1ccc(-c2cncc3sc(C(=O)O)cc23)cc1. The van der Waals surface area contributed by atoms with E-state index in [0.717, 1.165) is 26.8 Å². The van der Waals surface area contributed by atoms with Gasteiger partial charge in [0.15, 0.2) is 0 Å². The number of fused-ring (bicyclic) bond motifs is 1. The van der Waals surface area contributed by atoms with Crippen LogP contribution in [-0.4, -0.2) is 16.1 Å². The van der Waals surface area contributed by atoms with Gasteiger partial charge in [-0.15, -0.1) is 11.3 Å². The molecule has 0 atom stereocenters. The molecular formula is C15H12N2O2S. The maximum absolute atomic E-state index is 11.1. The molecule has 0 amide bonds. The van der Waals surface area contributed by atoms with Crippen molar-refractivity contribution in [2.75, 3.05) is 0 Å². The Labute approximate surface area is 119 Å². The van der Waals surface area contributed by atoms with Crippen molar-refractivity contribution in [2.45, 2.75) is 6.54 Å². The Kier molecular flexibility index (Phi) is 3.22. The molecular weight excluding hydrogens is 272 g/mol. The molecule has 5 heteroatoms. The summed E-state index contributed by atoms with van der Waals surface area (Å²) in [6.45, 7) is 0.504. The zero-order chi connectivity index (χ0) is 14.1. The number of benzene rings is 1. The van der Waals surface area contributed by atoms with Crippen LogP contribution >= 0.6 is 11.3 Å². The maximum Gasteiger partial charge on any atom is 0.345 e. The Bertz CT molecular complexity index is 778. The highest BCUT2D eigenvalue weighted by Crippen LogP contribution is 2.33. The van der Waals surface area contributed by atoms with Crippen molar-refractivity contribution in [1.82, 2.24) is 4.98 Å². The second-order valence-corrected chi connectivity index (χ2v) is 5.50. The number of carboxylic acid groups (broad SMARTS) is 1. The first-order chi connectivity index (χ1) is 9.69. The standard InChI is InChI=1S/C15H12N2O2S/c16-6-9-1-3-10(4-2-9)12-7-17-8-14-11(12)5-13(20-14)15(18)19/h1-5,7-8H,6,16H2,(H,18,19). The molecule has 0 spiro atoms. The molecule has 0 saturated carbocycles. The zero-order valence-corrected chi connectivity index (χ0v) is 11.4. The number of hydrogen-bond donors (Lipinski definition) is 2. The summed E-state index contributed by atoms with van der Waals surface area (Å²) in [6.07, 6.45) is 3.46. The van der Waals surface area contributed by atoms with Crippen LogP contribution in [0.2, 0.25) is 0 Å². The molecule has 3 aromatic rings. The van der Waals surface area contributed by atoms with Crippen LogP contribution in [0.1, 0.15) is 15.2 Å². The summed E-state index contributed by atoms with van der Waals surface area (Å²) in [5.74, 6) is -0.907. The van der Waals surface area contributed by atoms with Gasteiger partial charge in [-0.3, -0.25) is 4.98 Å². The summed E-state index contributed by atoms with van der Waals surface area (Å²) in [4.78, 5) is 15.6. The van der Waals surface area contributed by atoms with E-state index in [1.54, 1.807) is 18.5 Å². The van der Waals surface area contributed by atoms with Gasteiger partial charge in [0.25, 0.3) is 0 Å². The number of aromatic carboxylic acids is 1. The Morgan fingerprint density at radius 1 is 1.25 bits per heavy atom. The Morgan fingerprint density at radius 3 is 2.65 bits per heavy atom. The average molecular weight is 284 g/mol. The van der Waals surface area contributed by atoms with Crippen LogP contribution < -0.4 is 5.73 Å². The van der Waals surface area contributed by atoms with E-state index >= 15 is 0 Å². The minimum atomic E-state index is -0.907. The number of aromatic nitrogens is 1. The van der Waals surface area contributed by atoms with Gasteiger partial charge in [0.05, 0.1) is 4.70 Å². The molecule has 0 aliphatic heterocycles. The van der Waals surface area contributed by atoms with Crippen LogP contribution in [0.25, 0.3) is 21.2 Å². The fourth-order valence-corrected chi connectivity index (χ4v) is 3.01. The maximum atomic E-state index is 11.1. The first-order valence-electron chi connectivity index (χ1n) is 6.09. The van der Waals surface area contributed by atoms with E-state index in [0.29, 0.717) is 11.4 Å². The highest BCUT2D eigenvalue weighted by atomic mass is 32.1. The molecule has 0 saturated heterocycles. The van der Waals surface area contributed by atoms with Crippen LogP contribution in [0.5, 0.6) is 0 Å². The van der Waals surface area contributed by atoms with E-state index in [4.69, 9.17) is 10.8 Å². The molecule has 3 rings (SSSR count). The third kappa shape index (κ3) is 2.17. The van der Waals surface area contributed by atoms with E-state index in [-0.39, 0.29) is 0 Å². The molecule has 20 heavy (non-hydrogen) atoms. The number of rotatable bonds is 3. The summed E-state index contributed by atoms with van der Waals surface area (Å²) < 4.78 is 0.878. The fraction of sp³-hybridized carbons (Fsp3) is 0.0667. The molecule has 4 nitrogen and oxygen atoms in total. The lowest BCUT2D eigenvalue weighted by molar-refractivity contribution is 0.0702. The van der Waals surface area contributed by atoms with Crippen molar-refractivity contribution < 1.29 is 9.90 Å². The van der Waals surface area contributed by atoms with Gasteiger partial charge in [-0.2, -0.15) is 0 Å². The molecule has 0 fully saturated rings. The number of carbonyl (C=O) groups is 1. The van der Waals surface area contributed by atoms with Gasteiger partial charge in [0, 0.05) is 29.9 Å². The van der Waals surface area contributed by atoms with Crippen LogP contribution in [0, 0.1) is 0 Å². The van der Waals surface area contributed by atoms with Crippen LogP contribution in [0.3, 0.4) is 0 Å². The second kappa shape index (κ2) is 5.03. The lowest BCUT2D eigenvalue weighted by atomic mass is 10.0. The van der Waals surface area contributed by atoms with E-state index < -0.39 is 5.97 Å². The molecule has 0 radical (unpaired) electrons. The number of hydrogen-bond acceptors (Lipinski definition) is 4. The summed E-state index contributed by atoms with van der Waals surface area (Å²) >= 11 is 1.24. The average Bonchev–Trinajstić information content (AvgIpc) is 2.91. The predicted molar refractivity (Wildman–Crippen MR) is 79.9 cm³/mol. The highest BCUT2D eigenvalue weighted by molar-refractivity contribution is 7.20. The lowest BCUT2D eigenvalue weighted by Gasteiger charge is -2.04. The highest BCUT2D eigenvalue weighted by Gasteiger charge is 2.12. The molecule has 1 aromatic carbocycles. The minimum absolute atomic E-state index is 0.327. The Balaban J connectivity index is 2.16. The second-order valence-electron chi connectivity index (χ2n) is 4.42. The van der Waals surface area contributed by atoms with Crippen LogP contribution in [0.4, 0.5) is 0 Å². The third-order valence-corrected chi connectivity index (χ3v) is 4.22. The van der Waals surface area contributed by atoms with Gasteiger partial charge < -0.3 is 10.8 Å². The smallest absolute Gasteiger partial charge is 0.345 e. The number of nitrogens with zero attached hydrogens (tertiary/aromatic N) is 1. The van der Waals surface area contributed by atoms with Gasteiger partial charge in [0.1, 0.15) is 4.88 Å². The largest absolute Gasteiger partial charge is 0.477 e. The first-order valence-corrected chi connectivity index (χ1v) is 6.91. The molecule has 2 heterocycles. The fourth-order valence-electron chi connectivity index (χ4n) is 2.12. The number of nitrogens with two attached hydrogens (primary N) is 1. The molecule has 0 aliphatic rings. The van der Waals surface area contributed by atoms with Gasteiger partial charge in [0.2, 0.25) is 0 Å².